The van der Waals surface area contributed by atoms with Crippen molar-refractivity contribution < 1.29 is 9.53 Å². The van der Waals surface area contributed by atoms with Gasteiger partial charge in [0.25, 0.3) is 0 Å². The second-order valence-corrected chi connectivity index (χ2v) is 5.30. The number of benzene rings is 2. The van der Waals surface area contributed by atoms with E-state index >= 15 is 0 Å². The highest BCUT2D eigenvalue weighted by Crippen LogP contribution is 2.18. The molecule has 0 fully saturated rings. The summed E-state index contributed by atoms with van der Waals surface area (Å²) in [5.74, 6) is 0.544. The average Bonchev–Trinajstić information content (AvgIpc) is 2.60. The number of nitrogens with zero attached hydrogens (tertiary/aromatic N) is 1. The summed E-state index contributed by atoms with van der Waals surface area (Å²) in [6.07, 6.45) is 2.04. The molecular formula is C19H18N2O2. The molecule has 4 nitrogen and oxygen atoms in total. The molecule has 2 aromatic carbocycles. The van der Waals surface area contributed by atoms with Crippen LogP contribution in [-0.4, -0.2) is 18.0 Å². The molecule has 0 spiro atoms. The van der Waals surface area contributed by atoms with Gasteiger partial charge in [-0.15, -0.1) is 0 Å². The first-order valence-corrected chi connectivity index (χ1v) is 7.48. The fourth-order valence-electron chi connectivity index (χ4n) is 2.55. The summed E-state index contributed by atoms with van der Waals surface area (Å²) in [4.78, 5) is 16.3. The van der Waals surface area contributed by atoms with Crippen LogP contribution in [-0.2, 0) is 17.8 Å². The number of amides is 1. The number of fused-ring (bicyclic) bond motifs is 1. The van der Waals surface area contributed by atoms with Crippen molar-refractivity contribution in [3.8, 4) is 5.88 Å². The van der Waals surface area contributed by atoms with E-state index in [1.807, 2.05) is 42.5 Å². The molecule has 0 atom stereocenters. The number of hydrogen-bond acceptors (Lipinski definition) is 3. The molecule has 0 aliphatic carbocycles. The van der Waals surface area contributed by atoms with Crippen LogP contribution in [0.1, 0.15) is 11.1 Å². The Hall–Kier alpha value is -2.88. The van der Waals surface area contributed by atoms with Gasteiger partial charge in [-0.2, -0.15) is 0 Å². The number of nitrogens with one attached hydrogen (secondary N) is 1. The van der Waals surface area contributed by atoms with Crippen molar-refractivity contribution in [1.82, 2.24) is 10.3 Å². The van der Waals surface area contributed by atoms with Gasteiger partial charge in [-0.1, -0.05) is 42.5 Å². The van der Waals surface area contributed by atoms with Gasteiger partial charge in [0, 0.05) is 18.8 Å². The molecule has 0 radical (unpaired) electrons. The first kappa shape index (κ1) is 15.0. The Morgan fingerprint density at radius 1 is 1.13 bits per heavy atom. The summed E-state index contributed by atoms with van der Waals surface area (Å²) in [6.45, 7) is 0.461. The monoisotopic (exact) mass is 306 g/mol. The quantitative estimate of drug-likeness (QED) is 0.788. The minimum atomic E-state index is -0.00266. The predicted octanol–water partition coefficient (Wildman–Crippen LogP) is 3.10. The van der Waals surface area contributed by atoms with Crippen molar-refractivity contribution in [3.63, 3.8) is 0 Å². The summed E-state index contributed by atoms with van der Waals surface area (Å²) in [6, 6.07) is 17.8. The molecule has 0 aliphatic heterocycles. The van der Waals surface area contributed by atoms with Gasteiger partial charge >= 0.3 is 0 Å². The summed E-state index contributed by atoms with van der Waals surface area (Å²) in [5, 5.41) is 5.21. The fourth-order valence-corrected chi connectivity index (χ4v) is 2.55. The number of carbonyl (C=O) groups excluding carboxylic acids is 1. The molecule has 1 heterocycles. The fraction of sp³-hybridized carbons (Fsp3) is 0.158. The van der Waals surface area contributed by atoms with Crippen molar-refractivity contribution in [2.45, 2.75) is 13.0 Å². The van der Waals surface area contributed by atoms with Crippen LogP contribution in [0.5, 0.6) is 5.88 Å². The molecule has 1 N–H and O–H groups in total. The molecule has 3 aromatic rings. The van der Waals surface area contributed by atoms with E-state index in [2.05, 4.69) is 22.4 Å². The maximum Gasteiger partial charge on any atom is 0.224 e. The standard InChI is InChI=1S/C19H18N2O2/c1-23-19-11-14(9-10-20-19)13-21-18(22)12-16-7-4-6-15-5-2-3-8-17(15)16/h2-11H,12-13H2,1H3,(H,21,22). The van der Waals surface area contributed by atoms with E-state index in [0.717, 1.165) is 21.9 Å². The van der Waals surface area contributed by atoms with Crippen molar-refractivity contribution in [2.75, 3.05) is 7.11 Å². The number of carbonyl (C=O) groups is 1. The third-order valence-corrected chi connectivity index (χ3v) is 3.73. The Kier molecular flexibility index (Phi) is 4.52. The van der Waals surface area contributed by atoms with Crippen LogP contribution < -0.4 is 10.1 Å². The Balaban J connectivity index is 1.67. The summed E-state index contributed by atoms with van der Waals surface area (Å²) in [7, 11) is 1.57. The minimum absolute atomic E-state index is 0.00266. The number of ether oxygens (including phenoxy) is 1. The third kappa shape index (κ3) is 3.66. The first-order valence-electron chi connectivity index (χ1n) is 7.48. The van der Waals surface area contributed by atoms with Gasteiger partial charge < -0.3 is 10.1 Å². The van der Waals surface area contributed by atoms with E-state index in [9.17, 15) is 4.79 Å². The molecule has 23 heavy (non-hydrogen) atoms. The maximum absolute atomic E-state index is 12.2. The lowest BCUT2D eigenvalue weighted by molar-refractivity contribution is -0.120. The molecule has 116 valence electrons. The lowest BCUT2D eigenvalue weighted by atomic mass is 10.0. The zero-order valence-electron chi connectivity index (χ0n) is 13.0. The van der Waals surface area contributed by atoms with Gasteiger partial charge in [0.1, 0.15) is 0 Å². The number of rotatable bonds is 5. The highest BCUT2D eigenvalue weighted by Gasteiger charge is 2.07. The third-order valence-electron chi connectivity index (χ3n) is 3.73. The highest BCUT2D eigenvalue weighted by molar-refractivity contribution is 5.90. The molecule has 0 saturated carbocycles. The lowest BCUT2D eigenvalue weighted by Gasteiger charge is -2.08. The van der Waals surface area contributed by atoms with Crippen LogP contribution in [0.15, 0.2) is 60.8 Å². The van der Waals surface area contributed by atoms with Crippen molar-refractivity contribution >= 4 is 16.7 Å². The van der Waals surface area contributed by atoms with Crippen LogP contribution >= 0.6 is 0 Å². The summed E-state index contributed by atoms with van der Waals surface area (Å²) < 4.78 is 5.08. The van der Waals surface area contributed by atoms with Crippen LogP contribution in [0.25, 0.3) is 10.8 Å². The van der Waals surface area contributed by atoms with Gasteiger partial charge in [-0.05, 0) is 28.0 Å². The van der Waals surface area contributed by atoms with E-state index in [4.69, 9.17) is 4.74 Å². The van der Waals surface area contributed by atoms with E-state index in [1.165, 1.54) is 0 Å². The zero-order valence-corrected chi connectivity index (χ0v) is 13.0. The molecule has 0 bridgehead atoms. The van der Waals surface area contributed by atoms with Crippen LogP contribution in [0.4, 0.5) is 0 Å². The van der Waals surface area contributed by atoms with Crippen LogP contribution in [0.3, 0.4) is 0 Å². The van der Waals surface area contributed by atoms with Crippen LogP contribution in [0.2, 0.25) is 0 Å². The van der Waals surface area contributed by atoms with Crippen LogP contribution in [0, 0.1) is 0 Å². The van der Waals surface area contributed by atoms with Gasteiger partial charge in [0.15, 0.2) is 0 Å². The summed E-state index contributed by atoms with van der Waals surface area (Å²) >= 11 is 0. The van der Waals surface area contributed by atoms with Crippen molar-refractivity contribution in [1.29, 1.82) is 0 Å². The summed E-state index contributed by atoms with van der Waals surface area (Å²) in [5.41, 5.74) is 2.00. The lowest BCUT2D eigenvalue weighted by Crippen LogP contribution is -2.24. The average molecular weight is 306 g/mol. The van der Waals surface area contributed by atoms with Crippen molar-refractivity contribution in [2.24, 2.45) is 0 Å². The minimum Gasteiger partial charge on any atom is -0.481 e. The Morgan fingerprint density at radius 3 is 2.83 bits per heavy atom. The van der Waals surface area contributed by atoms with Gasteiger partial charge in [0.2, 0.25) is 11.8 Å². The normalized spacial score (nSPS) is 10.5. The number of pyridine rings is 1. The second-order valence-electron chi connectivity index (χ2n) is 5.30. The molecule has 0 aliphatic rings. The van der Waals surface area contributed by atoms with Gasteiger partial charge in [0.05, 0.1) is 13.5 Å². The Bertz CT molecular complexity index is 825. The second kappa shape index (κ2) is 6.92. The number of aromatic nitrogens is 1. The molecule has 1 amide bonds. The zero-order chi connectivity index (χ0) is 16.1. The molecule has 0 unspecified atom stereocenters. The Labute approximate surface area is 135 Å². The highest BCUT2D eigenvalue weighted by atomic mass is 16.5. The predicted molar refractivity (Wildman–Crippen MR) is 90.3 cm³/mol. The van der Waals surface area contributed by atoms with E-state index in [1.54, 1.807) is 13.3 Å². The smallest absolute Gasteiger partial charge is 0.224 e. The first-order chi connectivity index (χ1) is 11.3. The maximum atomic E-state index is 12.2. The molecule has 4 heteroatoms. The van der Waals surface area contributed by atoms with Crippen molar-refractivity contribution in [3.05, 3.63) is 71.9 Å². The van der Waals surface area contributed by atoms with E-state index in [0.29, 0.717) is 18.8 Å². The molecule has 0 saturated heterocycles. The SMILES string of the molecule is COc1cc(CNC(=O)Cc2cccc3ccccc23)ccn1. The molecular weight excluding hydrogens is 288 g/mol. The largest absolute Gasteiger partial charge is 0.481 e. The molecule has 3 rings (SSSR count). The number of methoxy groups -OCH3 is 1. The Morgan fingerprint density at radius 2 is 1.96 bits per heavy atom. The van der Waals surface area contributed by atoms with E-state index < -0.39 is 0 Å². The number of hydrogen-bond donors (Lipinski definition) is 1. The molecule has 1 aromatic heterocycles. The topological polar surface area (TPSA) is 51.2 Å². The van der Waals surface area contributed by atoms with Gasteiger partial charge in [-0.25, -0.2) is 4.98 Å². The van der Waals surface area contributed by atoms with E-state index in [-0.39, 0.29) is 5.91 Å². The van der Waals surface area contributed by atoms with Gasteiger partial charge in [-0.3, -0.25) is 4.79 Å².